The van der Waals surface area contributed by atoms with Crippen molar-refractivity contribution in [1.29, 1.82) is 0 Å². The minimum absolute atomic E-state index is 0.567. The second-order valence-corrected chi connectivity index (χ2v) is 17.8. The van der Waals surface area contributed by atoms with Gasteiger partial charge in [0.25, 0.3) is 5.97 Å². The number of carbonyl (C=O) groups is 2. The van der Waals surface area contributed by atoms with Crippen molar-refractivity contribution in [3.8, 4) is 0 Å². The van der Waals surface area contributed by atoms with E-state index in [0.717, 1.165) is 31.1 Å². The molecule has 47 heavy (non-hydrogen) atoms. The Balaban J connectivity index is 1.35. The molecular formula is C40H34O5Si2. The Morgan fingerprint density at radius 3 is 0.915 bits per heavy atom. The van der Waals surface area contributed by atoms with E-state index in [1.807, 2.05) is 182 Å². The van der Waals surface area contributed by atoms with E-state index in [4.69, 9.17) is 8.85 Å². The molecule has 1 atom stereocenters. The number of rotatable bonds is 11. The van der Waals surface area contributed by atoms with Crippen molar-refractivity contribution in [3.05, 3.63) is 182 Å². The van der Waals surface area contributed by atoms with Gasteiger partial charge in [0.2, 0.25) is 0 Å². The average Bonchev–Trinajstić information content (AvgIpc) is 3.15. The van der Waals surface area contributed by atoms with Crippen LogP contribution in [0.15, 0.2) is 182 Å². The van der Waals surface area contributed by atoms with E-state index < -0.39 is 41.1 Å². The van der Waals surface area contributed by atoms with Crippen molar-refractivity contribution in [3.63, 3.8) is 0 Å². The molecule has 5 nitrogen and oxygen atoms in total. The van der Waals surface area contributed by atoms with Crippen molar-refractivity contribution >= 4 is 59.7 Å². The molecular weight excluding hydrogens is 617 g/mol. The predicted molar refractivity (Wildman–Crippen MR) is 191 cm³/mol. The van der Waals surface area contributed by atoms with E-state index >= 15 is 0 Å². The van der Waals surface area contributed by atoms with Crippen LogP contribution in [0, 0.1) is 0 Å². The van der Waals surface area contributed by atoms with Crippen LogP contribution in [0.2, 0.25) is 0 Å². The molecule has 6 aromatic rings. The number of carbonyl (C=O) groups excluding carboxylic acids is 2. The summed E-state index contributed by atoms with van der Waals surface area (Å²) in [6.07, 6.45) is -2.32. The normalized spacial score (nSPS) is 12.1. The summed E-state index contributed by atoms with van der Waals surface area (Å²) < 4.78 is 13.0. The van der Waals surface area contributed by atoms with Crippen LogP contribution in [0.1, 0.15) is 6.42 Å². The second-order valence-electron chi connectivity index (χ2n) is 11.2. The maximum atomic E-state index is 14.0. The highest BCUT2D eigenvalue weighted by Gasteiger charge is 2.48. The van der Waals surface area contributed by atoms with Gasteiger partial charge in [0, 0.05) is 0 Å². The number of aliphatic hydroxyl groups excluding tert-OH is 1. The Morgan fingerprint density at radius 2 is 0.660 bits per heavy atom. The summed E-state index contributed by atoms with van der Waals surface area (Å²) in [5.41, 5.74) is 0. The molecule has 1 unspecified atom stereocenters. The molecule has 6 aromatic carbocycles. The summed E-state index contributed by atoms with van der Waals surface area (Å²) in [5, 5.41) is 16.5. The standard InChI is InChI=1S/C40H34O5Si2/c41-38(40(43)45-47(35-25-13-4-14-26-35,36-27-15-5-16-28-36)37-29-17-6-18-30-37)31-39(42)44-46(32-19-7-1-8-20-32,33-21-9-2-10-22-33)34-23-11-3-12-24-34/h1-30,38,41H,31H2. The Morgan fingerprint density at radius 1 is 0.426 bits per heavy atom. The highest BCUT2D eigenvalue weighted by atomic mass is 28.4. The average molecular weight is 651 g/mol. The zero-order valence-corrected chi connectivity index (χ0v) is 27.7. The van der Waals surface area contributed by atoms with Crippen molar-refractivity contribution in [2.75, 3.05) is 0 Å². The second kappa shape index (κ2) is 14.4. The molecule has 0 aromatic heterocycles. The fourth-order valence-electron chi connectivity index (χ4n) is 6.06. The zero-order chi connectivity index (χ0) is 32.5. The minimum Gasteiger partial charge on any atom is -0.505 e. The van der Waals surface area contributed by atoms with Gasteiger partial charge < -0.3 is 14.0 Å². The van der Waals surface area contributed by atoms with Crippen molar-refractivity contribution in [2.24, 2.45) is 0 Å². The lowest BCUT2D eigenvalue weighted by atomic mass is 10.3. The first-order chi connectivity index (χ1) is 23.0. The fourth-order valence-corrected chi connectivity index (χ4v) is 13.6. The van der Waals surface area contributed by atoms with Gasteiger partial charge in [-0.25, -0.2) is 0 Å². The van der Waals surface area contributed by atoms with Gasteiger partial charge in [-0.05, 0) is 31.1 Å². The fraction of sp³-hybridized carbons (Fsp3) is 0.0500. The van der Waals surface area contributed by atoms with Gasteiger partial charge in [0.15, 0.2) is 6.10 Å². The number of hydrogen-bond acceptors (Lipinski definition) is 5. The molecule has 0 aliphatic rings. The summed E-state index contributed by atoms with van der Waals surface area (Å²) in [6.45, 7) is 0. The molecule has 0 fully saturated rings. The van der Waals surface area contributed by atoms with E-state index in [-0.39, 0.29) is 0 Å². The van der Waals surface area contributed by atoms with Crippen molar-refractivity contribution < 1.29 is 23.5 Å². The lowest BCUT2D eigenvalue weighted by Gasteiger charge is -2.34. The van der Waals surface area contributed by atoms with Crippen LogP contribution in [0.5, 0.6) is 0 Å². The molecule has 0 bridgehead atoms. The molecule has 0 heterocycles. The zero-order valence-electron chi connectivity index (χ0n) is 25.7. The van der Waals surface area contributed by atoms with Crippen LogP contribution in [-0.2, 0) is 18.4 Å². The highest BCUT2D eigenvalue weighted by Crippen LogP contribution is 2.15. The van der Waals surface area contributed by atoms with Gasteiger partial charge in [0.1, 0.15) is 0 Å². The van der Waals surface area contributed by atoms with E-state index in [1.165, 1.54) is 0 Å². The molecule has 0 radical (unpaired) electrons. The first-order valence-electron chi connectivity index (χ1n) is 15.5. The van der Waals surface area contributed by atoms with Crippen LogP contribution < -0.4 is 31.1 Å². The van der Waals surface area contributed by atoms with E-state index in [2.05, 4.69) is 0 Å². The summed E-state index contributed by atoms with van der Waals surface area (Å²) in [5.74, 6) is -1.57. The maximum Gasteiger partial charge on any atom is 0.350 e. The first-order valence-corrected chi connectivity index (χ1v) is 19.3. The van der Waals surface area contributed by atoms with Gasteiger partial charge in [-0.1, -0.05) is 182 Å². The lowest BCUT2D eigenvalue weighted by Crippen LogP contribution is -2.71. The smallest absolute Gasteiger partial charge is 0.350 e. The molecule has 7 heteroatoms. The third kappa shape index (κ3) is 6.50. The van der Waals surface area contributed by atoms with Crippen LogP contribution >= 0.6 is 0 Å². The Kier molecular flexibility index (Phi) is 9.68. The van der Waals surface area contributed by atoms with Gasteiger partial charge in [-0.15, -0.1) is 0 Å². The topological polar surface area (TPSA) is 72.8 Å². The maximum absolute atomic E-state index is 14.0. The molecule has 6 rings (SSSR count). The molecule has 0 amide bonds. The number of benzene rings is 6. The van der Waals surface area contributed by atoms with Gasteiger partial charge in [0.05, 0.1) is 6.42 Å². The monoisotopic (exact) mass is 650 g/mol. The molecule has 0 saturated carbocycles. The van der Waals surface area contributed by atoms with Gasteiger partial charge in [-0.3, -0.25) is 9.59 Å². The Bertz CT molecular complexity index is 1700. The predicted octanol–water partition coefficient (Wildman–Crippen LogP) is 3.16. The minimum atomic E-state index is -3.46. The largest absolute Gasteiger partial charge is 0.505 e. The van der Waals surface area contributed by atoms with Crippen LogP contribution in [0.3, 0.4) is 0 Å². The quantitative estimate of drug-likeness (QED) is 0.172. The third-order valence-corrected chi connectivity index (χ3v) is 16.2. The molecule has 1 N–H and O–H groups in total. The highest BCUT2D eigenvalue weighted by molar-refractivity contribution is 7.08. The molecule has 0 aliphatic heterocycles. The molecule has 232 valence electrons. The molecule has 0 spiro atoms. The summed E-state index contributed by atoms with van der Waals surface area (Å²) in [6, 6.07) is 57.9. The Labute approximate surface area is 277 Å². The Hall–Kier alpha value is -5.35. The summed E-state index contributed by atoms with van der Waals surface area (Å²) in [4.78, 5) is 27.9. The number of aliphatic hydroxyl groups is 1. The first kappa shape index (κ1) is 31.6. The number of hydrogen-bond donors (Lipinski definition) is 1. The van der Waals surface area contributed by atoms with Gasteiger partial charge in [-0.2, -0.15) is 0 Å². The third-order valence-electron chi connectivity index (χ3n) is 8.23. The lowest BCUT2D eigenvalue weighted by molar-refractivity contribution is -0.150. The van der Waals surface area contributed by atoms with Crippen molar-refractivity contribution in [2.45, 2.75) is 12.5 Å². The van der Waals surface area contributed by atoms with E-state index in [0.29, 0.717) is 0 Å². The van der Waals surface area contributed by atoms with Crippen molar-refractivity contribution in [1.82, 2.24) is 0 Å². The molecule has 0 saturated heterocycles. The van der Waals surface area contributed by atoms with Crippen LogP contribution in [0.4, 0.5) is 0 Å². The van der Waals surface area contributed by atoms with Crippen LogP contribution in [0.25, 0.3) is 0 Å². The summed E-state index contributed by atoms with van der Waals surface area (Å²) >= 11 is 0. The SMILES string of the molecule is O=C(CC(O)C(=O)O[Si](c1ccccc1)(c1ccccc1)c1ccccc1)O[Si](c1ccccc1)(c1ccccc1)c1ccccc1. The summed E-state index contributed by atoms with van der Waals surface area (Å²) in [7, 11) is -6.86. The van der Waals surface area contributed by atoms with Crippen LogP contribution in [-0.4, -0.2) is 39.8 Å². The molecule has 0 aliphatic carbocycles. The van der Waals surface area contributed by atoms with E-state index in [1.54, 1.807) is 0 Å². The van der Waals surface area contributed by atoms with E-state index in [9.17, 15) is 14.7 Å². The van der Waals surface area contributed by atoms with Gasteiger partial charge >= 0.3 is 22.6 Å².